The van der Waals surface area contributed by atoms with Gasteiger partial charge < -0.3 is 19.0 Å². The van der Waals surface area contributed by atoms with Crippen LogP contribution in [0.5, 0.6) is 5.75 Å². The number of hydrogen-bond acceptors (Lipinski definition) is 4. The van der Waals surface area contributed by atoms with E-state index in [9.17, 15) is 4.79 Å². The average Bonchev–Trinajstić information content (AvgIpc) is 3.15. The van der Waals surface area contributed by atoms with Crippen LogP contribution in [0.1, 0.15) is 11.3 Å². The maximum atomic E-state index is 12.6. The molecule has 5 heteroatoms. The van der Waals surface area contributed by atoms with Crippen molar-refractivity contribution in [2.75, 3.05) is 38.2 Å². The number of fused-ring (bicyclic) bond motifs is 1. The number of furan rings is 1. The molecule has 1 amide bonds. The van der Waals surface area contributed by atoms with E-state index in [-0.39, 0.29) is 5.91 Å². The molecule has 1 aliphatic rings. The van der Waals surface area contributed by atoms with Crippen molar-refractivity contribution in [2.24, 2.45) is 0 Å². The third kappa shape index (κ3) is 3.74. The summed E-state index contributed by atoms with van der Waals surface area (Å²) in [5.74, 6) is 1.35. The fourth-order valence-corrected chi connectivity index (χ4v) is 3.57. The van der Waals surface area contributed by atoms with Crippen LogP contribution in [0.15, 0.2) is 59.0 Å². The smallest absolute Gasteiger partial charge is 0.246 e. The molecule has 1 fully saturated rings. The molecular formula is C23H24N2O3. The molecule has 0 spiro atoms. The van der Waals surface area contributed by atoms with Gasteiger partial charge in [0.05, 0.1) is 7.11 Å². The van der Waals surface area contributed by atoms with Crippen LogP contribution in [0.25, 0.3) is 17.0 Å². The minimum Gasteiger partial charge on any atom is -0.493 e. The molecule has 0 N–H and O–H groups in total. The third-order valence-electron chi connectivity index (χ3n) is 5.10. The summed E-state index contributed by atoms with van der Waals surface area (Å²) < 4.78 is 11.1. The summed E-state index contributed by atoms with van der Waals surface area (Å²) in [5.41, 5.74) is 3.17. The number of para-hydroxylation sites is 1. The van der Waals surface area contributed by atoms with Gasteiger partial charge in [-0.05, 0) is 42.8 Å². The lowest BCUT2D eigenvalue weighted by Crippen LogP contribution is -2.48. The van der Waals surface area contributed by atoms with E-state index < -0.39 is 0 Å². The van der Waals surface area contributed by atoms with E-state index in [0.29, 0.717) is 30.2 Å². The molecular weight excluding hydrogens is 352 g/mol. The molecule has 1 aromatic heterocycles. The van der Waals surface area contributed by atoms with E-state index in [1.54, 1.807) is 19.3 Å². The van der Waals surface area contributed by atoms with Crippen molar-refractivity contribution in [1.29, 1.82) is 0 Å². The molecule has 0 atom stereocenters. The minimum atomic E-state index is 0.0105. The standard InChI is InChI=1S/C23H24N2O3/c1-17-5-3-7-19(15-17)24-11-13-25(14-12-24)22(26)10-9-20-16-18-6-4-8-21(27-2)23(18)28-20/h3-10,15-16H,11-14H2,1-2H3/b10-9+. The number of amides is 1. The highest BCUT2D eigenvalue weighted by Crippen LogP contribution is 2.29. The van der Waals surface area contributed by atoms with Gasteiger partial charge in [-0.15, -0.1) is 0 Å². The Labute approximate surface area is 164 Å². The van der Waals surface area contributed by atoms with Crippen LogP contribution in [-0.2, 0) is 4.79 Å². The highest BCUT2D eigenvalue weighted by Gasteiger charge is 2.20. The summed E-state index contributed by atoms with van der Waals surface area (Å²) in [6.07, 6.45) is 3.32. The Bertz CT molecular complexity index is 1010. The molecule has 2 aromatic carbocycles. The predicted molar refractivity (Wildman–Crippen MR) is 112 cm³/mol. The molecule has 1 aliphatic heterocycles. The number of ether oxygens (including phenoxy) is 1. The van der Waals surface area contributed by atoms with Gasteiger partial charge in [-0.25, -0.2) is 0 Å². The Hall–Kier alpha value is -3.21. The first kappa shape index (κ1) is 18.2. The average molecular weight is 376 g/mol. The fraction of sp³-hybridized carbons (Fsp3) is 0.261. The van der Waals surface area contributed by atoms with Gasteiger partial charge in [0.2, 0.25) is 5.91 Å². The van der Waals surface area contributed by atoms with Gasteiger partial charge in [-0.1, -0.05) is 24.3 Å². The van der Waals surface area contributed by atoms with Crippen LogP contribution >= 0.6 is 0 Å². The molecule has 1 saturated heterocycles. The fourth-order valence-electron chi connectivity index (χ4n) is 3.57. The number of carbonyl (C=O) groups is 1. The summed E-state index contributed by atoms with van der Waals surface area (Å²) in [7, 11) is 1.62. The van der Waals surface area contributed by atoms with Crippen molar-refractivity contribution in [3.05, 3.63) is 65.9 Å². The van der Waals surface area contributed by atoms with E-state index in [0.717, 1.165) is 18.5 Å². The molecule has 28 heavy (non-hydrogen) atoms. The summed E-state index contributed by atoms with van der Waals surface area (Å²) in [5, 5.41) is 0.957. The molecule has 0 bridgehead atoms. The van der Waals surface area contributed by atoms with Crippen LogP contribution in [0.3, 0.4) is 0 Å². The molecule has 3 aromatic rings. The Morgan fingerprint density at radius 2 is 1.86 bits per heavy atom. The first-order valence-corrected chi connectivity index (χ1v) is 9.49. The Balaban J connectivity index is 1.39. The van der Waals surface area contributed by atoms with Gasteiger partial charge in [0, 0.05) is 43.3 Å². The summed E-state index contributed by atoms with van der Waals surface area (Å²) in [6, 6.07) is 16.1. The van der Waals surface area contributed by atoms with Gasteiger partial charge >= 0.3 is 0 Å². The Kier molecular flexibility index (Phi) is 5.06. The zero-order chi connectivity index (χ0) is 19.5. The van der Waals surface area contributed by atoms with Crippen LogP contribution in [0.4, 0.5) is 5.69 Å². The van der Waals surface area contributed by atoms with Crippen LogP contribution in [-0.4, -0.2) is 44.1 Å². The molecule has 0 radical (unpaired) electrons. The number of anilines is 1. The first-order chi connectivity index (χ1) is 13.6. The molecule has 0 aliphatic carbocycles. The van der Waals surface area contributed by atoms with Crippen molar-refractivity contribution >= 4 is 28.6 Å². The van der Waals surface area contributed by atoms with E-state index in [4.69, 9.17) is 9.15 Å². The van der Waals surface area contributed by atoms with Gasteiger partial charge in [-0.3, -0.25) is 4.79 Å². The number of methoxy groups -OCH3 is 1. The maximum absolute atomic E-state index is 12.6. The lowest BCUT2D eigenvalue weighted by molar-refractivity contribution is -0.126. The topological polar surface area (TPSA) is 45.9 Å². The van der Waals surface area contributed by atoms with E-state index in [1.807, 2.05) is 29.2 Å². The molecule has 2 heterocycles. The van der Waals surface area contributed by atoms with Crippen molar-refractivity contribution < 1.29 is 13.9 Å². The quantitative estimate of drug-likeness (QED) is 0.643. The maximum Gasteiger partial charge on any atom is 0.246 e. The summed E-state index contributed by atoms with van der Waals surface area (Å²) >= 11 is 0. The van der Waals surface area contributed by atoms with E-state index in [1.165, 1.54) is 11.3 Å². The monoisotopic (exact) mass is 376 g/mol. The number of hydrogen-bond donors (Lipinski definition) is 0. The van der Waals surface area contributed by atoms with E-state index >= 15 is 0 Å². The Morgan fingerprint density at radius 1 is 1.07 bits per heavy atom. The predicted octanol–water partition coefficient (Wildman–Crippen LogP) is 4.11. The Morgan fingerprint density at radius 3 is 2.61 bits per heavy atom. The largest absolute Gasteiger partial charge is 0.493 e. The van der Waals surface area contributed by atoms with Crippen molar-refractivity contribution in [3.8, 4) is 5.75 Å². The second kappa shape index (κ2) is 7.80. The SMILES string of the molecule is COc1cccc2cc(/C=C/C(=O)N3CCN(c4cccc(C)c4)CC3)oc12. The third-order valence-corrected chi connectivity index (χ3v) is 5.10. The molecule has 5 nitrogen and oxygen atoms in total. The number of piperazine rings is 1. The molecule has 144 valence electrons. The van der Waals surface area contributed by atoms with E-state index in [2.05, 4.69) is 36.1 Å². The number of aryl methyl sites for hydroxylation is 1. The number of rotatable bonds is 4. The highest BCUT2D eigenvalue weighted by atomic mass is 16.5. The van der Waals surface area contributed by atoms with Gasteiger partial charge in [-0.2, -0.15) is 0 Å². The first-order valence-electron chi connectivity index (χ1n) is 9.49. The number of nitrogens with zero attached hydrogens (tertiary/aromatic N) is 2. The van der Waals surface area contributed by atoms with Crippen molar-refractivity contribution in [2.45, 2.75) is 6.92 Å². The number of carbonyl (C=O) groups excluding carboxylic acids is 1. The number of benzene rings is 2. The van der Waals surface area contributed by atoms with Gasteiger partial charge in [0.25, 0.3) is 0 Å². The van der Waals surface area contributed by atoms with Crippen LogP contribution < -0.4 is 9.64 Å². The summed E-state index contributed by atoms with van der Waals surface area (Å²) in [4.78, 5) is 16.8. The van der Waals surface area contributed by atoms with Crippen LogP contribution in [0, 0.1) is 6.92 Å². The minimum absolute atomic E-state index is 0.0105. The van der Waals surface area contributed by atoms with Gasteiger partial charge in [0.15, 0.2) is 11.3 Å². The van der Waals surface area contributed by atoms with Crippen molar-refractivity contribution in [3.63, 3.8) is 0 Å². The second-order valence-electron chi connectivity index (χ2n) is 7.01. The summed E-state index contributed by atoms with van der Waals surface area (Å²) in [6.45, 7) is 5.20. The zero-order valence-corrected chi connectivity index (χ0v) is 16.2. The molecule has 0 saturated carbocycles. The second-order valence-corrected chi connectivity index (χ2v) is 7.01. The van der Waals surface area contributed by atoms with Gasteiger partial charge in [0.1, 0.15) is 5.76 Å². The zero-order valence-electron chi connectivity index (χ0n) is 16.2. The van der Waals surface area contributed by atoms with Crippen LogP contribution in [0.2, 0.25) is 0 Å². The normalized spacial score (nSPS) is 14.8. The highest BCUT2D eigenvalue weighted by molar-refractivity contribution is 5.93. The lowest BCUT2D eigenvalue weighted by Gasteiger charge is -2.35. The lowest BCUT2D eigenvalue weighted by atomic mass is 10.2. The van der Waals surface area contributed by atoms with Crippen molar-refractivity contribution in [1.82, 2.24) is 4.90 Å². The molecule has 0 unspecified atom stereocenters. The molecule has 4 rings (SSSR count).